The molecule has 0 bridgehead atoms. The molecule has 0 radical (unpaired) electrons. The molecule has 0 aliphatic carbocycles. The lowest BCUT2D eigenvalue weighted by Gasteiger charge is -2.24. The van der Waals surface area contributed by atoms with Gasteiger partial charge >= 0.3 is 0 Å². The van der Waals surface area contributed by atoms with E-state index < -0.39 is 0 Å². The first kappa shape index (κ1) is 11.0. The molecule has 88 valence electrons. The van der Waals surface area contributed by atoms with Gasteiger partial charge in [0, 0.05) is 17.0 Å². The van der Waals surface area contributed by atoms with E-state index in [4.69, 9.17) is 11.6 Å². The summed E-state index contributed by atoms with van der Waals surface area (Å²) < 4.78 is 0. The quantitative estimate of drug-likeness (QED) is 0.776. The Morgan fingerprint density at radius 1 is 1.24 bits per heavy atom. The molecule has 1 aromatic carbocycles. The molecule has 1 N–H and O–H groups in total. The zero-order valence-electron chi connectivity index (χ0n) is 9.62. The first-order valence-electron chi connectivity index (χ1n) is 6.13. The molecule has 0 amide bonds. The highest BCUT2D eigenvalue weighted by molar-refractivity contribution is 6.30. The average molecular weight is 247 g/mol. The van der Waals surface area contributed by atoms with Crippen molar-refractivity contribution in [2.75, 3.05) is 6.54 Å². The van der Waals surface area contributed by atoms with Gasteiger partial charge in [-0.2, -0.15) is 0 Å². The standard InChI is InChI=1S/C14H15ClN2/c15-14-11(13-7-3-4-8-16-13)9-10-5-1-2-6-12(10)17-14/h1-2,5-6,9,13,16H,3-4,7-8H2. The predicted molar refractivity (Wildman–Crippen MR) is 71.3 cm³/mol. The fourth-order valence-corrected chi connectivity index (χ4v) is 2.75. The minimum atomic E-state index is 0.369. The number of fused-ring (bicyclic) bond motifs is 1. The molecule has 1 aromatic heterocycles. The number of benzene rings is 1. The lowest BCUT2D eigenvalue weighted by atomic mass is 9.98. The Kier molecular flexibility index (Phi) is 3.00. The summed E-state index contributed by atoms with van der Waals surface area (Å²) in [6.07, 6.45) is 3.68. The van der Waals surface area contributed by atoms with Crippen LogP contribution in [0.25, 0.3) is 10.9 Å². The molecule has 1 saturated heterocycles. The number of nitrogens with zero attached hydrogens (tertiary/aromatic N) is 1. The zero-order valence-corrected chi connectivity index (χ0v) is 10.4. The van der Waals surface area contributed by atoms with Gasteiger partial charge < -0.3 is 5.32 Å². The summed E-state index contributed by atoms with van der Waals surface area (Å²) in [6, 6.07) is 10.7. The van der Waals surface area contributed by atoms with E-state index >= 15 is 0 Å². The summed E-state index contributed by atoms with van der Waals surface area (Å²) in [5, 5.41) is 5.32. The molecule has 2 heterocycles. The van der Waals surface area contributed by atoms with Crippen molar-refractivity contribution < 1.29 is 0 Å². The van der Waals surface area contributed by atoms with Crippen molar-refractivity contribution in [1.82, 2.24) is 10.3 Å². The van der Waals surface area contributed by atoms with Crippen LogP contribution in [0.1, 0.15) is 30.9 Å². The molecule has 17 heavy (non-hydrogen) atoms. The maximum absolute atomic E-state index is 6.29. The molecule has 1 aliphatic rings. The fourth-order valence-electron chi connectivity index (χ4n) is 2.47. The Morgan fingerprint density at radius 2 is 2.12 bits per heavy atom. The fraction of sp³-hybridized carbons (Fsp3) is 0.357. The number of rotatable bonds is 1. The Morgan fingerprint density at radius 3 is 2.94 bits per heavy atom. The van der Waals surface area contributed by atoms with Crippen LogP contribution in [0.5, 0.6) is 0 Å². The maximum Gasteiger partial charge on any atom is 0.134 e. The van der Waals surface area contributed by atoms with Gasteiger partial charge in [-0.15, -0.1) is 0 Å². The van der Waals surface area contributed by atoms with E-state index in [1.807, 2.05) is 18.2 Å². The summed E-state index contributed by atoms with van der Waals surface area (Å²) in [4.78, 5) is 4.48. The smallest absolute Gasteiger partial charge is 0.134 e. The van der Waals surface area contributed by atoms with Crippen LogP contribution < -0.4 is 5.32 Å². The predicted octanol–water partition coefficient (Wildman–Crippen LogP) is 3.70. The first-order valence-corrected chi connectivity index (χ1v) is 6.51. The van der Waals surface area contributed by atoms with E-state index in [-0.39, 0.29) is 0 Å². The molecule has 1 unspecified atom stereocenters. The van der Waals surface area contributed by atoms with Crippen LogP contribution in [0.4, 0.5) is 0 Å². The number of nitrogens with one attached hydrogen (secondary N) is 1. The van der Waals surface area contributed by atoms with Crippen molar-refractivity contribution in [3.8, 4) is 0 Å². The third-order valence-electron chi connectivity index (χ3n) is 3.39. The van der Waals surface area contributed by atoms with Crippen molar-refractivity contribution in [2.24, 2.45) is 0 Å². The molecule has 3 rings (SSSR count). The van der Waals surface area contributed by atoms with Crippen molar-refractivity contribution in [1.29, 1.82) is 0 Å². The van der Waals surface area contributed by atoms with Crippen LogP contribution in [0.3, 0.4) is 0 Å². The lowest BCUT2D eigenvalue weighted by molar-refractivity contribution is 0.412. The molecule has 2 nitrogen and oxygen atoms in total. The molecule has 3 heteroatoms. The van der Waals surface area contributed by atoms with Crippen molar-refractivity contribution in [3.63, 3.8) is 0 Å². The average Bonchev–Trinajstić information content (AvgIpc) is 2.39. The van der Waals surface area contributed by atoms with Gasteiger partial charge in [0.2, 0.25) is 0 Å². The monoisotopic (exact) mass is 246 g/mol. The van der Waals surface area contributed by atoms with E-state index in [2.05, 4.69) is 22.4 Å². The molecule has 2 aromatic rings. The second kappa shape index (κ2) is 4.63. The van der Waals surface area contributed by atoms with Crippen LogP contribution in [0.2, 0.25) is 5.15 Å². The van der Waals surface area contributed by atoms with Crippen molar-refractivity contribution in [2.45, 2.75) is 25.3 Å². The number of para-hydroxylation sites is 1. The third kappa shape index (κ3) is 2.15. The summed E-state index contributed by atoms with van der Waals surface area (Å²) in [5.41, 5.74) is 2.11. The van der Waals surface area contributed by atoms with Gasteiger partial charge in [-0.3, -0.25) is 0 Å². The van der Waals surface area contributed by atoms with E-state index in [0.29, 0.717) is 11.2 Å². The normalized spacial score (nSPS) is 20.6. The van der Waals surface area contributed by atoms with Crippen LogP contribution >= 0.6 is 11.6 Å². The zero-order chi connectivity index (χ0) is 11.7. The van der Waals surface area contributed by atoms with Crippen LogP contribution in [0.15, 0.2) is 30.3 Å². The van der Waals surface area contributed by atoms with Crippen molar-refractivity contribution >= 4 is 22.5 Å². The Balaban J connectivity index is 2.06. The second-order valence-corrected chi connectivity index (χ2v) is 4.92. The highest BCUT2D eigenvalue weighted by atomic mass is 35.5. The summed E-state index contributed by atoms with van der Waals surface area (Å²) in [6.45, 7) is 1.08. The van der Waals surface area contributed by atoms with E-state index in [1.54, 1.807) is 0 Å². The van der Waals surface area contributed by atoms with Gasteiger partial charge in [0.15, 0.2) is 0 Å². The highest BCUT2D eigenvalue weighted by Crippen LogP contribution is 2.30. The maximum atomic E-state index is 6.29. The number of halogens is 1. The topological polar surface area (TPSA) is 24.9 Å². The van der Waals surface area contributed by atoms with Gasteiger partial charge in [0.05, 0.1) is 5.52 Å². The third-order valence-corrected chi connectivity index (χ3v) is 3.69. The number of pyridine rings is 1. The first-order chi connectivity index (χ1) is 8.34. The number of aromatic nitrogens is 1. The molecule has 1 aliphatic heterocycles. The molecule has 0 spiro atoms. The van der Waals surface area contributed by atoms with Gasteiger partial charge in [0.1, 0.15) is 5.15 Å². The van der Waals surface area contributed by atoms with Crippen molar-refractivity contribution in [3.05, 3.63) is 41.0 Å². The number of hydrogen-bond acceptors (Lipinski definition) is 2. The minimum absolute atomic E-state index is 0.369. The van der Waals surface area contributed by atoms with Gasteiger partial charge in [-0.25, -0.2) is 4.98 Å². The second-order valence-electron chi connectivity index (χ2n) is 4.56. The summed E-state index contributed by atoms with van der Waals surface area (Å²) >= 11 is 6.29. The summed E-state index contributed by atoms with van der Waals surface area (Å²) in [7, 11) is 0. The molecule has 1 fully saturated rings. The Labute approximate surface area is 106 Å². The largest absolute Gasteiger partial charge is 0.310 e. The van der Waals surface area contributed by atoms with Crippen LogP contribution in [-0.2, 0) is 0 Å². The van der Waals surface area contributed by atoms with Gasteiger partial charge in [-0.05, 0) is 31.5 Å². The number of piperidine rings is 1. The van der Waals surface area contributed by atoms with Gasteiger partial charge in [0.25, 0.3) is 0 Å². The van der Waals surface area contributed by atoms with E-state index in [1.165, 1.54) is 18.2 Å². The molecular formula is C14H15ClN2. The van der Waals surface area contributed by atoms with Gasteiger partial charge in [-0.1, -0.05) is 36.2 Å². The minimum Gasteiger partial charge on any atom is -0.310 e. The molecule has 0 saturated carbocycles. The number of hydrogen-bond donors (Lipinski definition) is 1. The SMILES string of the molecule is Clc1nc2ccccc2cc1C1CCCCN1. The molecule has 1 atom stereocenters. The highest BCUT2D eigenvalue weighted by Gasteiger charge is 2.18. The van der Waals surface area contributed by atoms with E-state index in [9.17, 15) is 0 Å². The van der Waals surface area contributed by atoms with Crippen LogP contribution in [-0.4, -0.2) is 11.5 Å². The Hall–Kier alpha value is -1.12. The van der Waals surface area contributed by atoms with E-state index in [0.717, 1.165) is 24.0 Å². The lowest BCUT2D eigenvalue weighted by Crippen LogP contribution is -2.27. The molecular weight excluding hydrogens is 232 g/mol. The Bertz CT molecular complexity index is 533. The van der Waals surface area contributed by atoms with Crippen LogP contribution in [0, 0.1) is 0 Å². The summed E-state index contributed by atoms with van der Waals surface area (Å²) in [5.74, 6) is 0.